The fourth-order valence-electron chi connectivity index (χ4n) is 3.34. The number of nitrogens with one attached hydrogen (secondary N) is 3. The predicted molar refractivity (Wildman–Crippen MR) is 96.8 cm³/mol. The van der Waals surface area contributed by atoms with E-state index in [4.69, 9.17) is 0 Å². The molecule has 3 aromatic rings. The molecule has 0 saturated heterocycles. The molecule has 1 saturated carbocycles. The van der Waals surface area contributed by atoms with Crippen molar-refractivity contribution in [2.75, 3.05) is 5.32 Å². The number of aliphatic hydroxyl groups excluding tert-OH is 1. The minimum Gasteiger partial charge on any atom is -0.388 e. The number of anilines is 1. The number of nitrogens with zero attached hydrogens (tertiary/aromatic N) is 3. The smallest absolute Gasteiger partial charge is 0.270 e. The largest absolute Gasteiger partial charge is 0.388 e. The van der Waals surface area contributed by atoms with E-state index in [0.29, 0.717) is 6.42 Å². The number of aromatic amines is 1. The second kappa shape index (κ2) is 7.66. The van der Waals surface area contributed by atoms with Gasteiger partial charge in [0.1, 0.15) is 41.7 Å². The van der Waals surface area contributed by atoms with Crippen LogP contribution in [-0.2, 0) is 6.54 Å². The van der Waals surface area contributed by atoms with Crippen LogP contribution >= 0.6 is 0 Å². The molecule has 1 amide bonds. The molecular formula is C18H17F3N6O2. The Hall–Kier alpha value is -3.21. The van der Waals surface area contributed by atoms with Gasteiger partial charge in [0, 0.05) is 12.1 Å². The number of hydrogen-bond donors (Lipinski definition) is 4. The maximum absolute atomic E-state index is 13.8. The van der Waals surface area contributed by atoms with Crippen LogP contribution in [0.5, 0.6) is 0 Å². The van der Waals surface area contributed by atoms with Gasteiger partial charge in [0.05, 0.1) is 11.4 Å². The van der Waals surface area contributed by atoms with Gasteiger partial charge in [0.2, 0.25) is 0 Å². The minimum atomic E-state index is -1.34. The Bertz CT molecular complexity index is 1060. The monoisotopic (exact) mass is 406 g/mol. The van der Waals surface area contributed by atoms with Crippen LogP contribution in [0, 0.1) is 11.6 Å². The van der Waals surface area contributed by atoms with Gasteiger partial charge in [-0.3, -0.25) is 9.89 Å². The normalized spacial score (nSPS) is 21.4. The molecule has 1 aliphatic carbocycles. The molecule has 4 N–H and O–H groups in total. The molecule has 1 fully saturated rings. The number of aromatic nitrogens is 4. The standard InChI is InChI=1S/C18H17F3N6O2/c19-9-1-2-10(20)8(5-9)6-22-18(29)14-13-16(23-7-24-17(13)27-26-14)25-12-4-3-11(21)15(12)28/h1-2,5,7,11-12,15,28H,3-4,6H2,(H,22,29)(H2,23,24,25,26,27)/t11-,12-,15-/m0/s1. The summed E-state index contributed by atoms with van der Waals surface area (Å²) < 4.78 is 40.6. The summed E-state index contributed by atoms with van der Waals surface area (Å²) in [6.45, 7) is -0.246. The van der Waals surface area contributed by atoms with E-state index in [1.54, 1.807) is 0 Å². The summed E-state index contributed by atoms with van der Waals surface area (Å²) in [6, 6.07) is 2.38. The number of alkyl halides is 1. The lowest BCUT2D eigenvalue weighted by atomic mass is 10.2. The molecule has 2 heterocycles. The topological polar surface area (TPSA) is 116 Å². The third-order valence-electron chi connectivity index (χ3n) is 4.88. The SMILES string of the molecule is O=C(NCc1cc(F)ccc1F)c1[nH]nc2ncnc(N[C@H]3CC[C@H](F)[C@@H]3O)c12. The highest BCUT2D eigenvalue weighted by Gasteiger charge is 2.35. The number of benzene rings is 1. The molecule has 152 valence electrons. The molecule has 0 aliphatic heterocycles. The average Bonchev–Trinajstić information content (AvgIpc) is 3.28. The third kappa shape index (κ3) is 3.73. The Balaban J connectivity index is 1.57. The van der Waals surface area contributed by atoms with Crippen LogP contribution in [0.15, 0.2) is 24.5 Å². The quantitative estimate of drug-likeness (QED) is 0.514. The first-order valence-electron chi connectivity index (χ1n) is 8.94. The summed E-state index contributed by atoms with van der Waals surface area (Å²) >= 11 is 0. The molecule has 2 aromatic heterocycles. The molecule has 11 heteroatoms. The zero-order chi connectivity index (χ0) is 20.5. The predicted octanol–water partition coefficient (Wildman–Crippen LogP) is 1.83. The van der Waals surface area contributed by atoms with Gasteiger partial charge in [-0.2, -0.15) is 5.10 Å². The van der Waals surface area contributed by atoms with Crippen LogP contribution in [-0.4, -0.2) is 49.5 Å². The van der Waals surface area contributed by atoms with Crippen LogP contribution < -0.4 is 10.6 Å². The van der Waals surface area contributed by atoms with Gasteiger partial charge >= 0.3 is 0 Å². The van der Waals surface area contributed by atoms with Crippen molar-refractivity contribution in [1.82, 2.24) is 25.5 Å². The van der Waals surface area contributed by atoms with Crippen LogP contribution in [0.1, 0.15) is 28.9 Å². The Morgan fingerprint density at radius 3 is 2.86 bits per heavy atom. The first-order valence-corrected chi connectivity index (χ1v) is 8.94. The van der Waals surface area contributed by atoms with Crippen molar-refractivity contribution in [3.63, 3.8) is 0 Å². The Morgan fingerprint density at radius 1 is 1.28 bits per heavy atom. The number of carbonyl (C=O) groups excluding carboxylic acids is 1. The molecule has 0 spiro atoms. The Labute approximate surface area is 162 Å². The number of aliphatic hydroxyl groups is 1. The molecule has 1 aromatic carbocycles. The number of rotatable bonds is 5. The molecule has 29 heavy (non-hydrogen) atoms. The summed E-state index contributed by atoms with van der Waals surface area (Å²) in [6.07, 6.45) is -0.695. The minimum absolute atomic E-state index is 0.00389. The van der Waals surface area contributed by atoms with E-state index in [2.05, 4.69) is 30.8 Å². The first kappa shape index (κ1) is 19.1. The lowest BCUT2D eigenvalue weighted by Gasteiger charge is -2.18. The molecule has 0 radical (unpaired) electrons. The molecule has 4 rings (SSSR count). The lowest BCUT2D eigenvalue weighted by Crippen LogP contribution is -2.33. The van der Waals surface area contributed by atoms with Crippen LogP contribution in [0.2, 0.25) is 0 Å². The van der Waals surface area contributed by atoms with Gasteiger partial charge in [-0.25, -0.2) is 23.1 Å². The van der Waals surface area contributed by atoms with E-state index in [1.165, 1.54) is 6.33 Å². The van der Waals surface area contributed by atoms with Crippen molar-refractivity contribution in [3.8, 4) is 0 Å². The van der Waals surface area contributed by atoms with Gasteiger partial charge < -0.3 is 15.7 Å². The maximum Gasteiger partial charge on any atom is 0.270 e. The van der Waals surface area contributed by atoms with Crippen molar-refractivity contribution in [3.05, 3.63) is 47.4 Å². The van der Waals surface area contributed by atoms with E-state index < -0.39 is 35.9 Å². The van der Waals surface area contributed by atoms with Gasteiger partial charge in [0.15, 0.2) is 5.65 Å². The molecule has 8 nitrogen and oxygen atoms in total. The van der Waals surface area contributed by atoms with Gasteiger partial charge in [-0.1, -0.05) is 0 Å². The van der Waals surface area contributed by atoms with Crippen LogP contribution in [0.3, 0.4) is 0 Å². The Morgan fingerprint density at radius 2 is 2.10 bits per heavy atom. The summed E-state index contributed by atoms with van der Waals surface area (Å²) in [5.41, 5.74) is 0.179. The second-order valence-corrected chi connectivity index (χ2v) is 6.77. The van der Waals surface area contributed by atoms with Gasteiger partial charge in [-0.05, 0) is 31.0 Å². The summed E-state index contributed by atoms with van der Waals surface area (Å²) in [7, 11) is 0. The number of carbonyl (C=O) groups is 1. The average molecular weight is 406 g/mol. The highest BCUT2D eigenvalue weighted by Crippen LogP contribution is 2.28. The first-order chi connectivity index (χ1) is 13.9. The van der Waals surface area contributed by atoms with E-state index in [0.717, 1.165) is 18.2 Å². The van der Waals surface area contributed by atoms with E-state index in [9.17, 15) is 23.1 Å². The summed E-state index contributed by atoms with van der Waals surface area (Å²) in [5.74, 6) is -1.69. The molecule has 1 aliphatic rings. The Kier molecular flexibility index (Phi) is 5.05. The zero-order valence-corrected chi connectivity index (χ0v) is 15.0. The third-order valence-corrected chi connectivity index (χ3v) is 4.88. The van der Waals surface area contributed by atoms with E-state index in [-0.39, 0.29) is 41.1 Å². The summed E-state index contributed by atoms with van der Waals surface area (Å²) in [4.78, 5) is 20.7. The molecule has 3 atom stereocenters. The van der Waals surface area contributed by atoms with Crippen molar-refractivity contribution >= 4 is 22.8 Å². The highest BCUT2D eigenvalue weighted by atomic mass is 19.1. The van der Waals surface area contributed by atoms with Crippen molar-refractivity contribution in [1.29, 1.82) is 0 Å². The zero-order valence-electron chi connectivity index (χ0n) is 15.0. The van der Waals surface area contributed by atoms with E-state index in [1.807, 2.05) is 0 Å². The number of amides is 1. The van der Waals surface area contributed by atoms with Crippen LogP contribution in [0.25, 0.3) is 11.0 Å². The lowest BCUT2D eigenvalue weighted by molar-refractivity contribution is 0.0947. The van der Waals surface area contributed by atoms with Crippen molar-refractivity contribution in [2.45, 2.75) is 37.7 Å². The number of hydrogen-bond acceptors (Lipinski definition) is 6. The van der Waals surface area contributed by atoms with Gasteiger partial charge in [0.25, 0.3) is 5.91 Å². The van der Waals surface area contributed by atoms with E-state index >= 15 is 0 Å². The van der Waals surface area contributed by atoms with Crippen molar-refractivity contribution in [2.24, 2.45) is 0 Å². The van der Waals surface area contributed by atoms with Crippen molar-refractivity contribution < 1.29 is 23.1 Å². The maximum atomic E-state index is 13.8. The molecular weight excluding hydrogens is 389 g/mol. The second-order valence-electron chi connectivity index (χ2n) is 6.77. The number of H-pyrrole nitrogens is 1. The molecule has 0 bridgehead atoms. The number of halogens is 3. The summed E-state index contributed by atoms with van der Waals surface area (Å²) in [5, 5.41) is 22.1. The number of fused-ring (bicyclic) bond motifs is 1. The van der Waals surface area contributed by atoms with Gasteiger partial charge in [-0.15, -0.1) is 0 Å². The highest BCUT2D eigenvalue weighted by molar-refractivity contribution is 6.07. The molecule has 0 unspecified atom stereocenters. The fraction of sp³-hybridized carbons (Fsp3) is 0.333. The fourth-order valence-corrected chi connectivity index (χ4v) is 3.34. The van der Waals surface area contributed by atoms with Crippen LogP contribution in [0.4, 0.5) is 19.0 Å².